The molecule has 5 aromatic rings. The molecule has 0 radical (unpaired) electrons. The first-order valence-corrected chi connectivity index (χ1v) is 11.1. The third-order valence-electron chi connectivity index (χ3n) is 5.18. The van der Waals surface area contributed by atoms with Crippen molar-refractivity contribution in [2.24, 2.45) is 0 Å². The lowest BCUT2D eigenvalue weighted by Gasteiger charge is -2.16. The van der Waals surface area contributed by atoms with Crippen LogP contribution >= 0.6 is 11.8 Å². The van der Waals surface area contributed by atoms with Gasteiger partial charge in [-0.3, -0.25) is 9.36 Å². The van der Waals surface area contributed by atoms with Gasteiger partial charge in [-0.2, -0.15) is 4.68 Å². The Balaban J connectivity index is 1.62. The van der Waals surface area contributed by atoms with E-state index in [1.54, 1.807) is 9.25 Å². The highest BCUT2D eigenvalue weighted by Crippen LogP contribution is 2.34. The van der Waals surface area contributed by atoms with Crippen molar-refractivity contribution in [1.82, 2.24) is 29.8 Å². The summed E-state index contributed by atoms with van der Waals surface area (Å²) in [6.45, 7) is 4.03. The van der Waals surface area contributed by atoms with Gasteiger partial charge in [0, 0.05) is 0 Å². The minimum absolute atomic E-state index is 0.100. The summed E-state index contributed by atoms with van der Waals surface area (Å²) in [6, 6.07) is 25.0. The number of para-hydroxylation sites is 2. The van der Waals surface area contributed by atoms with Gasteiger partial charge in [0.2, 0.25) is 0 Å². The molecule has 0 saturated carbocycles. The number of nitrogens with zero attached hydrogens (tertiary/aromatic N) is 6. The summed E-state index contributed by atoms with van der Waals surface area (Å²) in [5, 5.41) is 13.3. The SMILES string of the molecule is Cc1ccc(-n2c(SC(C)c3nnnn3-c3ccccc3)nc3ccccc3c2=O)cc1. The van der Waals surface area contributed by atoms with Crippen molar-refractivity contribution in [3.8, 4) is 11.4 Å². The Morgan fingerprint density at radius 2 is 1.59 bits per heavy atom. The summed E-state index contributed by atoms with van der Waals surface area (Å²) in [4.78, 5) is 18.3. The third-order valence-corrected chi connectivity index (χ3v) is 6.23. The molecule has 0 aliphatic heterocycles. The van der Waals surface area contributed by atoms with Crippen LogP contribution in [0.15, 0.2) is 88.8 Å². The highest BCUT2D eigenvalue weighted by molar-refractivity contribution is 7.99. The quantitative estimate of drug-likeness (QED) is 0.295. The van der Waals surface area contributed by atoms with Gasteiger partial charge in [0.15, 0.2) is 11.0 Å². The highest BCUT2D eigenvalue weighted by Gasteiger charge is 2.21. The molecule has 0 amide bonds. The highest BCUT2D eigenvalue weighted by atomic mass is 32.2. The van der Waals surface area contributed by atoms with E-state index in [1.807, 2.05) is 92.7 Å². The van der Waals surface area contributed by atoms with Crippen LogP contribution in [-0.4, -0.2) is 29.8 Å². The summed E-state index contributed by atoms with van der Waals surface area (Å²) >= 11 is 1.45. The van der Waals surface area contributed by atoms with Gasteiger partial charge in [-0.1, -0.05) is 59.8 Å². The molecule has 0 fully saturated rings. The van der Waals surface area contributed by atoms with E-state index < -0.39 is 0 Å². The standard InChI is InChI=1S/C24H20N6OS/c1-16-12-14-18(15-13-16)29-23(31)20-10-6-7-11-21(20)25-24(29)32-17(2)22-26-27-28-30(22)19-8-4-3-5-9-19/h3-15,17H,1-2H3. The van der Waals surface area contributed by atoms with Crippen LogP contribution in [0.4, 0.5) is 0 Å². The number of hydrogen-bond acceptors (Lipinski definition) is 6. The zero-order valence-corrected chi connectivity index (χ0v) is 18.4. The maximum atomic E-state index is 13.5. The predicted molar refractivity (Wildman–Crippen MR) is 126 cm³/mol. The second-order valence-corrected chi connectivity index (χ2v) is 8.74. The molecule has 0 saturated heterocycles. The zero-order valence-electron chi connectivity index (χ0n) is 17.6. The van der Waals surface area contributed by atoms with Crippen LogP contribution in [0.2, 0.25) is 0 Å². The number of aromatic nitrogens is 6. The van der Waals surface area contributed by atoms with Gasteiger partial charge >= 0.3 is 0 Å². The van der Waals surface area contributed by atoms with Gasteiger partial charge in [-0.25, -0.2) is 4.98 Å². The number of benzene rings is 3. The number of rotatable bonds is 5. The first-order valence-electron chi connectivity index (χ1n) is 10.2. The zero-order chi connectivity index (χ0) is 22.1. The van der Waals surface area contributed by atoms with Gasteiger partial charge in [0.1, 0.15) is 0 Å². The van der Waals surface area contributed by atoms with Gasteiger partial charge < -0.3 is 0 Å². The van der Waals surface area contributed by atoms with Crippen molar-refractivity contribution < 1.29 is 0 Å². The summed E-state index contributed by atoms with van der Waals surface area (Å²) in [6.07, 6.45) is 0. The van der Waals surface area contributed by atoms with Crippen molar-refractivity contribution >= 4 is 22.7 Å². The molecule has 32 heavy (non-hydrogen) atoms. The Hall–Kier alpha value is -3.78. The van der Waals surface area contributed by atoms with Gasteiger partial charge in [0.25, 0.3) is 5.56 Å². The fraction of sp³-hybridized carbons (Fsp3) is 0.125. The van der Waals surface area contributed by atoms with Crippen LogP contribution < -0.4 is 5.56 Å². The van der Waals surface area contributed by atoms with E-state index in [-0.39, 0.29) is 10.8 Å². The van der Waals surface area contributed by atoms with Crippen molar-refractivity contribution in [3.63, 3.8) is 0 Å². The summed E-state index contributed by atoms with van der Waals surface area (Å²) in [5.41, 5.74) is 3.34. The summed E-state index contributed by atoms with van der Waals surface area (Å²) < 4.78 is 3.38. The minimum atomic E-state index is -0.157. The van der Waals surface area contributed by atoms with Crippen LogP contribution in [-0.2, 0) is 0 Å². The van der Waals surface area contributed by atoms with Crippen molar-refractivity contribution in [3.05, 3.63) is 101 Å². The second kappa shape index (κ2) is 8.39. The van der Waals surface area contributed by atoms with Crippen LogP contribution in [0, 0.1) is 6.92 Å². The van der Waals surface area contributed by atoms with Crippen molar-refractivity contribution in [1.29, 1.82) is 0 Å². The summed E-state index contributed by atoms with van der Waals surface area (Å²) in [7, 11) is 0. The van der Waals surface area contributed by atoms with Gasteiger partial charge in [-0.15, -0.1) is 5.10 Å². The second-order valence-electron chi connectivity index (χ2n) is 7.43. The molecule has 0 aliphatic carbocycles. The molecule has 8 heteroatoms. The number of aryl methyl sites for hydroxylation is 1. The van der Waals surface area contributed by atoms with E-state index in [1.165, 1.54) is 11.8 Å². The van der Waals surface area contributed by atoms with E-state index >= 15 is 0 Å². The number of tetrazole rings is 1. The van der Waals surface area contributed by atoms with E-state index in [0.29, 0.717) is 21.9 Å². The van der Waals surface area contributed by atoms with E-state index in [0.717, 1.165) is 16.9 Å². The van der Waals surface area contributed by atoms with Crippen LogP contribution in [0.1, 0.15) is 23.6 Å². The lowest BCUT2D eigenvalue weighted by Crippen LogP contribution is -2.22. The van der Waals surface area contributed by atoms with Crippen LogP contribution in [0.3, 0.4) is 0 Å². The fourth-order valence-electron chi connectivity index (χ4n) is 3.52. The number of fused-ring (bicyclic) bond motifs is 1. The molecular formula is C24H20N6OS. The molecule has 5 rings (SSSR count). The lowest BCUT2D eigenvalue weighted by molar-refractivity contribution is 0.758. The molecule has 158 valence electrons. The molecule has 1 atom stereocenters. The van der Waals surface area contributed by atoms with E-state index in [4.69, 9.17) is 4.98 Å². The Morgan fingerprint density at radius 1 is 0.875 bits per heavy atom. The van der Waals surface area contributed by atoms with Crippen LogP contribution in [0.5, 0.6) is 0 Å². The van der Waals surface area contributed by atoms with Crippen molar-refractivity contribution in [2.45, 2.75) is 24.3 Å². The first kappa shape index (κ1) is 20.1. The fourth-order valence-corrected chi connectivity index (χ4v) is 4.54. The lowest BCUT2D eigenvalue weighted by atomic mass is 10.2. The molecule has 0 bridgehead atoms. The Bertz CT molecular complexity index is 1440. The number of thioether (sulfide) groups is 1. The maximum Gasteiger partial charge on any atom is 0.266 e. The molecule has 3 aromatic carbocycles. The van der Waals surface area contributed by atoms with E-state index in [9.17, 15) is 4.79 Å². The normalized spacial score (nSPS) is 12.2. The molecule has 0 aliphatic rings. The average Bonchev–Trinajstić information content (AvgIpc) is 3.31. The predicted octanol–water partition coefficient (Wildman–Crippen LogP) is 4.52. The van der Waals surface area contributed by atoms with Gasteiger partial charge in [-0.05, 0) is 60.7 Å². The molecule has 0 N–H and O–H groups in total. The van der Waals surface area contributed by atoms with Crippen LogP contribution in [0.25, 0.3) is 22.3 Å². The first-order chi connectivity index (χ1) is 15.6. The largest absolute Gasteiger partial charge is 0.268 e. The van der Waals surface area contributed by atoms with E-state index in [2.05, 4.69) is 15.5 Å². The molecule has 7 nitrogen and oxygen atoms in total. The molecular weight excluding hydrogens is 420 g/mol. The van der Waals surface area contributed by atoms with Crippen molar-refractivity contribution in [2.75, 3.05) is 0 Å². The number of hydrogen-bond donors (Lipinski definition) is 0. The molecule has 0 spiro atoms. The Morgan fingerprint density at radius 3 is 2.38 bits per heavy atom. The Kier molecular flexibility index (Phi) is 5.28. The smallest absolute Gasteiger partial charge is 0.266 e. The molecule has 2 heterocycles. The third kappa shape index (κ3) is 3.69. The molecule has 2 aromatic heterocycles. The molecule has 1 unspecified atom stereocenters. The average molecular weight is 441 g/mol. The van der Waals surface area contributed by atoms with Gasteiger partial charge in [0.05, 0.1) is 27.5 Å². The monoisotopic (exact) mass is 440 g/mol. The Labute approximate surface area is 188 Å². The minimum Gasteiger partial charge on any atom is -0.268 e. The summed E-state index contributed by atoms with van der Waals surface area (Å²) in [5.74, 6) is 0.680. The topological polar surface area (TPSA) is 78.5 Å². The maximum absolute atomic E-state index is 13.5.